The molecule has 1 fully saturated rings. The lowest BCUT2D eigenvalue weighted by Crippen LogP contribution is -2.42. The Labute approximate surface area is 191 Å². The minimum Gasteiger partial charge on any atom is -0.376 e. The van der Waals surface area contributed by atoms with Crippen LogP contribution in [-0.2, 0) is 16.1 Å². The van der Waals surface area contributed by atoms with Gasteiger partial charge in [0.1, 0.15) is 0 Å². The summed E-state index contributed by atoms with van der Waals surface area (Å²) in [5, 5.41) is 3.47. The van der Waals surface area contributed by atoms with Crippen molar-refractivity contribution in [2.45, 2.75) is 19.1 Å². The van der Waals surface area contributed by atoms with Crippen LogP contribution < -0.4 is 5.32 Å². The molecular weight excluding hydrogens is 477 g/mol. The van der Waals surface area contributed by atoms with Crippen molar-refractivity contribution in [1.82, 2.24) is 10.2 Å². The summed E-state index contributed by atoms with van der Waals surface area (Å²) < 4.78 is 11.6. The highest BCUT2D eigenvalue weighted by Gasteiger charge is 2.25. The third-order valence-electron chi connectivity index (χ3n) is 5.16. The molecule has 3 rings (SSSR count). The van der Waals surface area contributed by atoms with Gasteiger partial charge >= 0.3 is 0 Å². The fraction of sp³-hybridized carbons (Fsp3) is 0.435. The van der Waals surface area contributed by atoms with Crippen molar-refractivity contribution >= 4 is 29.9 Å². The monoisotopic (exact) mass is 509 g/mol. The van der Waals surface area contributed by atoms with Gasteiger partial charge in [0.2, 0.25) is 0 Å². The molecule has 0 spiro atoms. The van der Waals surface area contributed by atoms with Crippen LogP contribution in [0.25, 0.3) is 0 Å². The minimum atomic E-state index is 0. The van der Waals surface area contributed by atoms with E-state index in [0.29, 0.717) is 19.1 Å². The van der Waals surface area contributed by atoms with Gasteiger partial charge in [0, 0.05) is 39.7 Å². The molecule has 1 aliphatic rings. The Balaban J connectivity index is 0.00000300. The van der Waals surface area contributed by atoms with E-state index in [9.17, 15) is 0 Å². The predicted molar refractivity (Wildman–Crippen MR) is 129 cm³/mol. The molecule has 0 aromatic heterocycles. The number of hydrogen-bond acceptors (Lipinski definition) is 3. The Kier molecular flexibility index (Phi) is 10.5. The zero-order chi connectivity index (χ0) is 19.6. The predicted octanol–water partition coefficient (Wildman–Crippen LogP) is 4.11. The first-order chi connectivity index (χ1) is 13.8. The molecule has 0 amide bonds. The van der Waals surface area contributed by atoms with Gasteiger partial charge in [-0.05, 0) is 17.5 Å². The Morgan fingerprint density at radius 3 is 2.48 bits per heavy atom. The number of hydrogen-bond donors (Lipinski definition) is 1. The van der Waals surface area contributed by atoms with Gasteiger partial charge in [-0.15, -0.1) is 24.0 Å². The molecular formula is C23H32IN3O2. The highest BCUT2D eigenvalue weighted by molar-refractivity contribution is 14.0. The van der Waals surface area contributed by atoms with E-state index in [1.807, 2.05) is 43.4 Å². The van der Waals surface area contributed by atoms with Crippen molar-refractivity contribution in [2.24, 2.45) is 10.9 Å². The molecule has 29 heavy (non-hydrogen) atoms. The summed E-state index contributed by atoms with van der Waals surface area (Å²) in [7, 11) is 3.59. The number of guanidine groups is 1. The molecule has 1 aliphatic heterocycles. The molecule has 0 bridgehead atoms. The normalized spacial score (nSPS) is 17.7. The number of nitrogens with one attached hydrogen (secondary N) is 1. The highest BCUT2D eigenvalue weighted by atomic mass is 127. The lowest BCUT2D eigenvalue weighted by molar-refractivity contribution is 0.0904. The van der Waals surface area contributed by atoms with Gasteiger partial charge in [0.05, 0.1) is 19.3 Å². The fourth-order valence-corrected chi connectivity index (χ4v) is 3.60. The average Bonchev–Trinajstić information content (AvgIpc) is 3.21. The van der Waals surface area contributed by atoms with Crippen molar-refractivity contribution in [3.63, 3.8) is 0 Å². The molecule has 1 heterocycles. The van der Waals surface area contributed by atoms with E-state index in [-0.39, 0.29) is 30.1 Å². The van der Waals surface area contributed by atoms with Crippen molar-refractivity contribution < 1.29 is 9.47 Å². The maximum absolute atomic E-state index is 5.93. The quantitative estimate of drug-likeness (QED) is 0.331. The second-order valence-corrected chi connectivity index (χ2v) is 7.16. The SMILES string of the molecule is CN=C(NCC(OC)c1ccccc1)N1CCC(COCc2ccccc2)C1.I. The molecule has 2 atom stereocenters. The molecule has 0 aliphatic carbocycles. The molecule has 2 unspecified atom stereocenters. The number of aliphatic imine (C=N–C) groups is 1. The fourth-order valence-electron chi connectivity index (χ4n) is 3.60. The lowest BCUT2D eigenvalue weighted by atomic mass is 10.1. The first-order valence-electron chi connectivity index (χ1n) is 9.95. The maximum atomic E-state index is 5.93. The van der Waals surface area contributed by atoms with E-state index >= 15 is 0 Å². The maximum Gasteiger partial charge on any atom is 0.193 e. The lowest BCUT2D eigenvalue weighted by Gasteiger charge is -2.24. The largest absolute Gasteiger partial charge is 0.376 e. The third-order valence-corrected chi connectivity index (χ3v) is 5.16. The summed E-state index contributed by atoms with van der Waals surface area (Å²) in [5.41, 5.74) is 2.39. The van der Waals surface area contributed by atoms with Gasteiger partial charge in [-0.1, -0.05) is 60.7 Å². The van der Waals surface area contributed by atoms with Crippen LogP contribution in [0.3, 0.4) is 0 Å². The molecule has 5 nitrogen and oxygen atoms in total. The van der Waals surface area contributed by atoms with Crippen molar-refractivity contribution in [1.29, 1.82) is 0 Å². The van der Waals surface area contributed by atoms with E-state index in [2.05, 4.69) is 39.5 Å². The Hall–Kier alpha value is -1.64. The second kappa shape index (κ2) is 12.8. The van der Waals surface area contributed by atoms with E-state index in [4.69, 9.17) is 9.47 Å². The Bertz CT molecular complexity index is 727. The van der Waals surface area contributed by atoms with Gasteiger partial charge < -0.3 is 19.7 Å². The summed E-state index contributed by atoms with van der Waals surface area (Å²) in [4.78, 5) is 6.78. The molecule has 1 saturated heterocycles. The van der Waals surface area contributed by atoms with Gasteiger partial charge in [-0.2, -0.15) is 0 Å². The van der Waals surface area contributed by atoms with Gasteiger partial charge in [0.25, 0.3) is 0 Å². The Morgan fingerprint density at radius 1 is 1.14 bits per heavy atom. The first-order valence-corrected chi connectivity index (χ1v) is 9.95. The van der Waals surface area contributed by atoms with Crippen LogP contribution >= 0.6 is 24.0 Å². The summed E-state index contributed by atoms with van der Waals surface area (Å²) in [6, 6.07) is 20.6. The van der Waals surface area contributed by atoms with E-state index in [0.717, 1.165) is 32.1 Å². The van der Waals surface area contributed by atoms with Crippen LogP contribution in [0.1, 0.15) is 23.7 Å². The van der Waals surface area contributed by atoms with Crippen molar-refractivity contribution in [2.75, 3.05) is 40.4 Å². The van der Waals surface area contributed by atoms with Crippen LogP contribution in [0.5, 0.6) is 0 Å². The van der Waals surface area contributed by atoms with Crippen LogP contribution in [0, 0.1) is 5.92 Å². The standard InChI is InChI=1S/C23H31N3O2.HI/c1-24-23(25-15-22(27-2)21-11-7-4-8-12-21)26-14-13-20(16-26)18-28-17-19-9-5-3-6-10-19;/h3-12,20,22H,13-18H2,1-2H3,(H,24,25);1H. The van der Waals surface area contributed by atoms with E-state index in [1.54, 1.807) is 7.11 Å². The summed E-state index contributed by atoms with van der Waals surface area (Å²) in [5.74, 6) is 1.47. The zero-order valence-electron chi connectivity index (χ0n) is 17.3. The van der Waals surface area contributed by atoms with Crippen LogP contribution in [0.15, 0.2) is 65.7 Å². The van der Waals surface area contributed by atoms with Gasteiger partial charge in [-0.25, -0.2) is 0 Å². The van der Waals surface area contributed by atoms with E-state index < -0.39 is 0 Å². The van der Waals surface area contributed by atoms with Gasteiger partial charge in [0.15, 0.2) is 5.96 Å². The Morgan fingerprint density at radius 2 is 1.83 bits per heavy atom. The zero-order valence-corrected chi connectivity index (χ0v) is 19.6. The van der Waals surface area contributed by atoms with Crippen LogP contribution in [0.2, 0.25) is 0 Å². The number of ether oxygens (including phenoxy) is 2. The molecule has 0 radical (unpaired) electrons. The summed E-state index contributed by atoms with van der Waals surface area (Å²) in [6.45, 7) is 4.13. The topological polar surface area (TPSA) is 46.1 Å². The smallest absolute Gasteiger partial charge is 0.193 e. The molecule has 2 aromatic carbocycles. The number of likely N-dealkylation sites (tertiary alicyclic amines) is 1. The summed E-state index contributed by atoms with van der Waals surface area (Å²) in [6.07, 6.45) is 1.13. The third kappa shape index (κ3) is 7.28. The van der Waals surface area contributed by atoms with Crippen molar-refractivity contribution in [3.05, 3.63) is 71.8 Å². The molecule has 2 aromatic rings. The average molecular weight is 509 g/mol. The summed E-state index contributed by atoms with van der Waals surface area (Å²) >= 11 is 0. The minimum absolute atomic E-state index is 0. The molecule has 158 valence electrons. The number of rotatable bonds is 8. The van der Waals surface area contributed by atoms with E-state index in [1.165, 1.54) is 11.1 Å². The molecule has 1 N–H and O–H groups in total. The molecule has 6 heteroatoms. The number of nitrogens with zero attached hydrogens (tertiary/aromatic N) is 2. The van der Waals surface area contributed by atoms with Crippen LogP contribution in [0.4, 0.5) is 0 Å². The number of methoxy groups -OCH3 is 1. The van der Waals surface area contributed by atoms with Crippen molar-refractivity contribution in [3.8, 4) is 0 Å². The highest BCUT2D eigenvalue weighted by Crippen LogP contribution is 2.19. The molecule has 0 saturated carbocycles. The van der Waals surface area contributed by atoms with Crippen LogP contribution in [-0.4, -0.2) is 51.3 Å². The number of halogens is 1. The number of benzene rings is 2. The first kappa shape index (κ1) is 23.6. The van der Waals surface area contributed by atoms with Gasteiger partial charge in [-0.3, -0.25) is 4.99 Å². The second-order valence-electron chi connectivity index (χ2n) is 7.16.